The Balaban J connectivity index is 1.98. The predicted octanol–water partition coefficient (Wildman–Crippen LogP) is 2.33. The van der Waals surface area contributed by atoms with Crippen LogP contribution in [0, 0.1) is 0 Å². The summed E-state index contributed by atoms with van der Waals surface area (Å²) in [5.74, 6) is 0.663. The standard InChI is InChI=1S/C12H12BrNO3/c13-8-1-2-9-10(7-8)17-12(11(15)14-9)3-5-16-6-4-12/h1-2,7H,3-6H2,(H,14,15). The third-order valence-corrected chi connectivity index (χ3v) is 3.70. The smallest absolute Gasteiger partial charge is 0.268 e. The van der Waals surface area contributed by atoms with E-state index in [-0.39, 0.29) is 5.91 Å². The minimum absolute atomic E-state index is 0.0596. The summed E-state index contributed by atoms with van der Waals surface area (Å²) in [7, 11) is 0. The summed E-state index contributed by atoms with van der Waals surface area (Å²) in [6.45, 7) is 1.13. The zero-order valence-electron chi connectivity index (χ0n) is 9.16. The first-order valence-corrected chi connectivity index (χ1v) is 6.37. The quantitative estimate of drug-likeness (QED) is 0.799. The highest BCUT2D eigenvalue weighted by molar-refractivity contribution is 9.10. The maximum atomic E-state index is 12.1. The average Bonchev–Trinajstić information content (AvgIpc) is 2.32. The van der Waals surface area contributed by atoms with E-state index >= 15 is 0 Å². The summed E-state index contributed by atoms with van der Waals surface area (Å²) in [4.78, 5) is 12.1. The monoisotopic (exact) mass is 297 g/mol. The van der Waals surface area contributed by atoms with Gasteiger partial charge in [0.05, 0.1) is 18.9 Å². The lowest BCUT2D eigenvalue weighted by Gasteiger charge is -2.39. The molecule has 1 aromatic carbocycles. The van der Waals surface area contributed by atoms with Crippen molar-refractivity contribution in [2.45, 2.75) is 18.4 Å². The van der Waals surface area contributed by atoms with E-state index in [1.165, 1.54) is 0 Å². The van der Waals surface area contributed by atoms with Crippen molar-refractivity contribution in [1.29, 1.82) is 0 Å². The van der Waals surface area contributed by atoms with Crippen molar-refractivity contribution in [3.8, 4) is 5.75 Å². The largest absolute Gasteiger partial charge is 0.475 e. The molecule has 90 valence electrons. The molecule has 0 unspecified atom stereocenters. The molecule has 1 amide bonds. The second-order valence-electron chi connectivity index (χ2n) is 4.30. The summed E-state index contributed by atoms with van der Waals surface area (Å²) in [5, 5.41) is 2.91. The van der Waals surface area contributed by atoms with Gasteiger partial charge in [0.2, 0.25) is 0 Å². The normalized spacial score (nSPS) is 21.6. The van der Waals surface area contributed by atoms with E-state index in [0.29, 0.717) is 26.1 Å². The fourth-order valence-electron chi connectivity index (χ4n) is 2.21. The minimum Gasteiger partial charge on any atom is -0.475 e. The molecule has 5 heteroatoms. The first-order chi connectivity index (χ1) is 8.20. The van der Waals surface area contributed by atoms with Crippen molar-refractivity contribution in [1.82, 2.24) is 0 Å². The maximum absolute atomic E-state index is 12.1. The summed E-state index contributed by atoms with van der Waals surface area (Å²) in [6, 6.07) is 5.60. The Bertz CT molecular complexity index is 469. The third kappa shape index (κ3) is 1.83. The lowest BCUT2D eigenvalue weighted by molar-refractivity contribution is -0.140. The first-order valence-electron chi connectivity index (χ1n) is 5.57. The molecule has 2 heterocycles. The number of fused-ring (bicyclic) bond motifs is 1. The molecular weight excluding hydrogens is 286 g/mol. The molecule has 1 fully saturated rings. The molecule has 0 radical (unpaired) electrons. The Morgan fingerprint density at radius 2 is 2.06 bits per heavy atom. The van der Waals surface area contributed by atoms with Gasteiger partial charge in [-0.25, -0.2) is 0 Å². The van der Waals surface area contributed by atoms with Crippen LogP contribution in [0.15, 0.2) is 22.7 Å². The number of benzene rings is 1. The van der Waals surface area contributed by atoms with Crippen LogP contribution in [0.4, 0.5) is 5.69 Å². The molecule has 1 saturated heterocycles. The van der Waals surface area contributed by atoms with Gasteiger partial charge < -0.3 is 14.8 Å². The highest BCUT2D eigenvalue weighted by atomic mass is 79.9. The van der Waals surface area contributed by atoms with E-state index < -0.39 is 5.60 Å². The lowest BCUT2D eigenvalue weighted by Crippen LogP contribution is -2.54. The van der Waals surface area contributed by atoms with E-state index in [4.69, 9.17) is 9.47 Å². The molecule has 0 bridgehead atoms. The Hall–Kier alpha value is -1.07. The van der Waals surface area contributed by atoms with Crippen LogP contribution in [0.25, 0.3) is 0 Å². The Kier molecular flexibility index (Phi) is 2.60. The van der Waals surface area contributed by atoms with Crippen LogP contribution in [0.5, 0.6) is 5.75 Å². The number of ether oxygens (including phenoxy) is 2. The van der Waals surface area contributed by atoms with Crippen molar-refractivity contribution in [2.24, 2.45) is 0 Å². The van der Waals surface area contributed by atoms with E-state index in [1.807, 2.05) is 18.2 Å². The van der Waals surface area contributed by atoms with E-state index in [2.05, 4.69) is 21.2 Å². The van der Waals surface area contributed by atoms with Crippen LogP contribution < -0.4 is 10.1 Å². The zero-order valence-corrected chi connectivity index (χ0v) is 10.7. The lowest BCUT2D eigenvalue weighted by atomic mass is 9.91. The van der Waals surface area contributed by atoms with E-state index in [0.717, 1.165) is 15.9 Å². The second kappa shape index (κ2) is 3.99. The molecule has 2 aliphatic rings. The van der Waals surface area contributed by atoms with Crippen LogP contribution in [0.1, 0.15) is 12.8 Å². The highest BCUT2D eigenvalue weighted by Crippen LogP contribution is 2.39. The maximum Gasteiger partial charge on any atom is 0.268 e. The van der Waals surface area contributed by atoms with Crippen LogP contribution >= 0.6 is 15.9 Å². The van der Waals surface area contributed by atoms with Crippen LogP contribution in [-0.2, 0) is 9.53 Å². The van der Waals surface area contributed by atoms with Gasteiger partial charge in [-0.05, 0) is 18.2 Å². The highest BCUT2D eigenvalue weighted by Gasteiger charge is 2.45. The molecule has 0 atom stereocenters. The van der Waals surface area contributed by atoms with Crippen LogP contribution in [-0.4, -0.2) is 24.7 Å². The summed E-state index contributed by atoms with van der Waals surface area (Å²) < 4.78 is 12.2. The number of carbonyl (C=O) groups is 1. The van der Waals surface area contributed by atoms with Crippen LogP contribution in [0.3, 0.4) is 0 Å². The number of hydrogen-bond acceptors (Lipinski definition) is 3. The molecule has 4 nitrogen and oxygen atoms in total. The molecule has 1 aromatic rings. The molecule has 2 aliphatic heterocycles. The number of nitrogens with one attached hydrogen (secondary N) is 1. The van der Waals surface area contributed by atoms with Gasteiger partial charge in [0.25, 0.3) is 5.91 Å². The number of hydrogen-bond donors (Lipinski definition) is 1. The van der Waals surface area contributed by atoms with Gasteiger partial charge in [-0.15, -0.1) is 0 Å². The van der Waals surface area contributed by atoms with Crippen molar-refractivity contribution >= 4 is 27.5 Å². The molecule has 1 spiro atoms. The molecule has 1 N–H and O–H groups in total. The molecule has 3 rings (SSSR count). The Morgan fingerprint density at radius 3 is 2.82 bits per heavy atom. The summed E-state index contributed by atoms with van der Waals surface area (Å²) in [5.41, 5.74) is -0.0122. The summed E-state index contributed by atoms with van der Waals surface area (Å²) in [6.07, 6.45) is 1.20. The fraction of sp³-hybridized carbons (Fsp3) is 0.417. The number of anilines is 1. The van der Waals surface area contributed by atoms with E-state index in [9.17, 15) is 4.79 Å². The molecule has 17 heavy (non-hydrogen) atoms. The second-order valence-corrected chi connectivity index (χ2v) is 5.22. The van der Waals surface area contributed by atoms with E-state index in [1.54, 1.807) is 0 Å². The van der Waals surface area contributed by atoms with Gasteiger partial charge in [-0.2, -0.15) is 0 Å². The molecular formula is C12H12BrNO3. The van der Waals surface area contributed by atoms with Gasteiger partial charge in [0.15, 0.2) is 5.60 Å². The number of halogens is 1. The van der Waals surface area contributed by atoms with Gasteiger partial charge >= 0.3 is 0 Å². The van der Waals surface area contributed by atoms with Gasteiger partial charge in [-0.3, -0.25) is 4.79 Å². The van der Waals surface area contributed by atoms with Gasteiger partial charge in [-0.1, -0.05) is 15.9 Å². The topological polar surface area (TPSA) is 47.6 Å². The van der Waals surface area contributed by atoms with Crippen molar-refractivity contribution in [2.75, 3.05) is 18.5 Å². The Labute approximate surface area is 107 Å². The van der Waals surface area contributed by atoms with Crippen molar-refractivity contribution < 1.29 is 14.3 Å². The van der Waals surface area contributed by atoms with Gasteiger partial charge in [0, 0.05) is 17.3 Å². The fourth-order valence-corrected chi connectivity index (χ4v) is 2.55. The predicted molar refractivity (Wildman–Crippen MR) is 66.2 cm³/mol. The van der Waals surface area contributed by atoms with Crippen molar-refractivity contribution in [3.63, 3.8) is 0 Å². The number of amides is 1. The first kappa shape index (κ1) is 11.0. The van der Waals surface area contributed by atoms with Crippen molar-refractivity contribution in [3.05, 3.63) is 22.7 Å². The number of rotatable bonds is 0. The molecule has 0 saturated carbocycles. The third-order valence-electron chi connectivity index (χ3n) is 3.21. The average molecular weight is 298 g/mol. The Morgan fingerprint density at radius 1 is 1.29 bits per heavy atom. The zero-order chi connectivity index (χ0) is 11.9. The molecule has 0 aromatic heterocycles. The molecule has 0 aliphatic carbocycles. The van der Waals surface area contributed by atoms with Gasteiger partial charge in [0.1, 0.15) is 5.75 Å². The SMILES string of the molecule is O=C1Nc2ccc(Br)cc2OC12CCOCC2. The van der Waals surface area contributed by atoms with Crippen LogP contribution in [0.2, 0.25) is 0 Å². The minimum atomic E-state index is -0.744. The summed E-state index contributed by atoms with van der Waals surface area (Å²) >= 11 is 3.40. The number of carbonyl (C=O) groups excluding carboxylic acids is 1.